The molecule has 1 heterocycles. The van der Waals surface area contributed by atoms with Gasteiger partial charge in [0.05, 0.1) is 0 Å². The van der Waals surface area contributed by atoms with Crippen LogP contribution in [0.3, 0.4) is 0 Å². The highest BCUT2D eigenvalue weighted by atomic mass is 35.5. The summed E-state index contributed by atoms with van der Waals surface area (Å²) in [5.41, 5.74) is 1.86. The largest absolute Gasteiger partial charge is 0.326 e. The first kappa shape index (κ1) is 16.3. The molecule has 19 heavy (non-hydrogen) atoms. The number of halogens is 2. The number of hydrogen-bond acceptors (Lipinski definition) is 2. The van der Waals surface area contributed by atoms with E-state index in [9.17, 15) is 4.79 Å². The first-order chi connectivity index (χ1) is 8.56. The maximum atomic E-state index is 12.2. The van der Waals surface area contributed by atoms with Gasteiger partial charge < -0.3 is 10.6 Å². The van der Waals surface area contributed by atoms with E-state index in [2.05, 4.69) is 17.6 Å². The highest BCUT2D eigenvalue weighted by molar-refractivity contribution is 6.31. The van der Waals surface area contributed by atoms with Crippen LogP contribution in [-0.2, 0) is 4.79 Å². The lowest BCUT2D eigenvalue weighted by molar-refractivity contribution is -0.120. The van der Waals surface area contributed by atoms with E-state index < -0.39 is 0 Å². The number of carbonyl (C=O) groups excluding carboxylic acids is 1. The summed E-state index contributed by atoms with van der Waals surface area (Å²) in [4.78, 5) is 12.2. The van der Waals surface area contributed by atoms with Crippen molar-refractivity contribution in [1.82, 2.24) is 5.32 Å². The van der Waals surface area contributed by atoms with Crippen molar-refractivity contribution in [3.63, 3.8) is 0 Å². The van der Waals surface area contributed by atoms with E-state index in [-0.39, 0.29) is 24.2 Å². The van der Waals surface area contributed by atoms with Gasteiger partial charge in [0, 0.05) is 22.7 Å². The van der Waals surface area contributed by atoms with Crippen LogP contribution in [0, 0.1) is 12.8 Å². The van der Waals surface area contributed by atoms with E-state index in [4.69, 9.17) is 11.6 Å². The molecule has 0 aliphatic carbocycles. The zero-order valence-corrected chi connectivity index (χ0v) is 12.8. The van der Waals surface area contributed by atoms with Gasteiger partial charge in [0.15, 0.2) is 0 Å². The number of nitrogens with one attached hydrogen (secondary N) is 2. The Kier molecular flexibility index (Phi) is 6.11. The summed E-state index contributed by atoms with van der Waals surface area (Å²) in [5, 5.41) is 6.99. The van der Waals surface area contributed by atoms with E-state index in [1.165, 1.54) is 0 Å². The van der Waals surface area contributed by atoms with Gasteiger partial charge in [0.1, 0.15) is 0 Å². The molecule has 1 saturated heterocycles. The van der Waals surface area contributed by atoms with Gasteiger partial charge >= 0.3 is 0 Å². The van der Waals surface area contributed by atoms with Gasteiger partial charge in [-0.05, 0) is 50.9 Å². The molecular weight excluding hydrogens is 283 g/mol. The van der Waals surface area contributed by atoms with Crippen LogP contribution in [-0.4, -0.2) is 18.5 Å². The molecule has 2 atom stereocenters. The second-order valence-corrected chi connectivity index (χ2v) is 5.46. The second-order valence-electron chi connectivity index (χ2n) is 5.02. The number of hydrogen-bond donors (Lipinski definition) is 2. The van der Waals surface area contributed by atoms with Gasteiger partial charge in [-0.15, -0.1) is 12.4 Å². The normalized spacial score (nSPS) is 22.5. The molecule has 1 amide bonds. The van der Waals surface area contributed by atoms with Gasteiger partial charge in [-0.1, -0.05) is 17.7 Å². The van der Waals surface area contributed by atoms with Crippen molar-refractivity contribution in [1.29, 1.82) is 0 Å². The van der Waals surface area contributed by atoms with Crippen LogP contribution in [0.4, 0.5) is 5.69 Å². The fourth-order valence-corrected chi connectivity index (χ4v) is 2.51. The minimum absolute atomic E-state index is 0. The van der Waals surface area contributed by atoms with Gasteiger partial charge in [0.25, 0.3) is 0 Å². The molecule has 1 aromatic carbocycles. The fourth-order valence-electron chi connectivity index (χ4n) is 2.33. The lowest BCUT2D eigenvalue weighted by Crippen LogP contribution is -2.40. The Morgan fingerprint density at radius 1 is 1.47 bits per heavy atom. The zero-order chi connectivity index (χ0) is 13.1. The van der Waals surface area contributed by atoms with E-state index in [1.54, 1.807) is 6.07 Å². The first-order valence-corrected chi connectivity index (χ1v) is 6.74. The second kappa shape index (κ2) is 7.13. The average molecular weight is 303 g/mol. The Bertz CT molecular complexity index is 451. The molecule has 0 saturated carbocycles. The highest BCUT2D eigenvalue weighted by Crippen LogP contribution is 2.23. The lowest BCUT2D eigenvalue weighted by Gasteiger charge is -2.27. The van der Waals surface area contributed by atoms with Gasteiger partial charge in [-0.3, -0.25) is 4.79 Å². The van der Waals surface area contributed by atoms with Gasteiger partial charge in [-0.2, -0.15) is 0 Å². The van der Waals surface area contributed by atoms with E-state index >= 15 is 0 Å². The molecular formula is C14H20Cl2N2O. The van der Waals surface area contributed by atoms with Crippen molar-refractivity contribution in [2.75, 3.05) is 11.9 Å². The number of carbonyl (C=O) groups is 1. The van der Waals surface area contributed by atoms with Crippen LogP contribution in [0.1, 0.15) is 25.3 Å². The number of piperidine rings is 1. The maximum absolute atomic E-state index is 12.2. The molecule has 0 unspecified atom stereocenters. The zero-order valence-electron chi connectivity index (χ0n) is 11.2. The van der Waals surface area contributed by atoms with Crippen LogP contribution in [0.25, 0.3) is 0 Å². The fraction of sp³-hybridized carbons (Fsp3) is 0.500. The van der Waals surface area contributed by atoms with Crippen LogP contribution in [0.15, 0.2) is 18.2 Å². The number of aryl methyl sites for hydroxylation is 1. The minimum Gasteiger partial charge on any atom is -0.326 e. The number of anilines is 1. The standard InChI is InChI=1S/C14H19ClN2O.ClH/c1-9-3-4-12(15)8-13(9)17-14(18)11-5-6-16-10(2)7-11;/h3-4,8,10-11,16H,5-7H2,1-2H3,(H,17,18);1H/t10-,11-;/m0./s1. The number of amides is 1. The minimum atomic E-state index is 0. The molecule has 1 fully saturated rings. The summed E-state index contributed by atoms with van der Waals surface area (Å²) in [6, 6.07) is 5.97. The smallest absolute Gasteiger partial charge is 0.227 e. The Hall–Kier alpha value is -0.770. The molecule has 0 radical (unpaired) electrons. The third-order valence-corrected chi connectivity index (χ3v) is 3.69. The van der Waals surface area contributed by atoms with E-state index in [0.29, 0.717) is 11.1 Å². The van der Waals surface area contributed by atoms with Crippen molar-refractivity contribution in [2.45, 2.75) is 32.7 Å². The number of benzene rings is 1. The number of rotatable bonds is 2. The predicted molar refractivity (Wildman–Crippen MR) is 82.3 cm³/mol. The quantitative estimate of drug-likeness (QED) is 0.879. The van der Waals surface area contributed by atoms with Crippen LogP contribution in [0.5, 0.6) is 0 Å². The van der Waals surface area contributed by atoms with Gasteiger partial charge in [-0.25, -0.2) is 0 Å². The third kappa shape index (κ3) is 4.37. The predicted octanol–water partition coefficient (Wildman–Crippen LogP) is 3.40. The monoisotopic (exact) mass is 302 g/mol. The Morgan fingerprint density at radius 2 is 2.21 bits per heavy atom. The van der Waals surface area contributed by atoms with Crippen molar-refractivity contribution in [3.8, 4) is 0 Å². The lowest BCUT2D eigenvalue weighted by atomic mass is 9.92. The summed E-state index contributed by atoms with van der Waals surface area (Å²) in [6.45, 7) is 4.99. The molecule has 1 aliphatic rings. The van der Waals surface area contributed by atoms with Crippen molar-refractivity contribution < 1.29 is 4.79 Å². The SMILES string of the molecule is Cc1ccc(Cl)cc1NC(=O)[C@H]1CCN[C@@H](C)C1.Cl. The molecule has 0 spiro atoms. The van der Waals surface area contributed by atoms with Gasteiger partial charge in [0.2, 0.25) is 5.91 Å². The molecule has 3 nitrogen and oxygen atoms in total. The molecule has 0 bridgehead atoms. The topological polar surface area (TPSA) is 41.1 Å². The third-order valence-electron chi connectivity index (χ3n) is 3.45. The summed E-state index contributed by atoms with van der Waals surface area (Å²) >= 11 is 5.95. The molecule has 2 N–H and O–H groups in total. The van der Waals surface area contributed by atoms with Crippen molar-refractivity contribution >= 4 is 35.6 Å². The summed E-state index contributed by atoms with van der Waals surface area (Å²) in [6.07, 6.45) is 1.79. The summed E-state index contributed by atoms with van der Waals surface area (Å²) in [7, 11) is 0. The Balaban J connectivity index is 0.00000180. The Morgan fingerprint density at radius 3 is 2.89 bits per heavy atom. The molecule has 0 aromatic heterocycles. The van der Waals surface area contributed by atoms with Crippen molar-refractivity contribution in [3.05, 3.63) is 28.8 Å². The molecule has 1 aromatic rings. The molecule has 2 rings (SSSR count). The highest BCUT2D eigenvalue weighted by Gasteiger charge is 2.24. The average Bonchev–Trinajstić information content (AvgIpc) is 2.34. The maximum Gasteiger partial charge on any atom is 0.227 e. The molecule has 106 valence electrons. The van der Waals surface area contributed by atoms with Crippen LogP contribution in [0.2, 0.25) is 5.02 Å². The molecule has 5 heteroatoms. The van der Waals surface area contributed by atoms with E-state index in [1.807, 2.05) is 19.1 Å². The van der Waals surface area contributed by atoms with Crippen LogP contribution >= 0.6 is 24.0 Å². The summed E-state index contributed by atoms with van der Waals surface area (Å²) < 4.78 is 0. The first-order valence-electron chi connectivity index (χ1n) is 6.36. The van der Waals surface area contributed by atoms with Crippen LogP contribution < -0.4 is 10.6 Å². The molecule has 1 aliphatic heterocycles. The van der Waals surface area contributed by atoms with E-state index in [0.717, 1.165) is 30.6 Å². The van der Waals surface area contributed by atoms with Crippen molar-refractivity contribution in [2.24, 2.45) is 5.92 Å². The Labute approximate surface area is 125 Å². The summed E-state index contributed by atoms with van der Waals surface area (Å²) in [5.74, 6) is 0.202.